The van der Waals surface area contributed by atoms with E-state index in [2.05, 4.69) is 30.1 Å². The zero-order chi connectivity index (χ0) is 23.4. The van der Waals surface area contributed by atoms with Crippen LogP contribution in [-0.4, -0.2) is 31.3 Å². The fourth-order valence-electron chi connectivity index (χ4n) is 2.76. The van der Waals surface area contributed by atoms with Crippen molar-refractivity contribution in [2.75, 3.05) is 21.9 Å². The summed E-state index contributed by atoms with van der Waals surface area (Å²) < 4.78 is 69.1. The van der Waals surface area contributed by atoms with Crippen molar-refractivity contribution in [1.82, 2.24) is 9.97 Å². The maximum absolute atomic E-state index is 12.6. The lowest BCUT2D eigenvalue weighted by molar-refractivity contribution is -0.275. The van der Waals surface area contributed by atoms with Gasteiger partial charge in [0.25, 0.3) is 10.0 Å². The molecule has 0 aliphatic carbocycles. The molecule has 0 bridgehead atoms. The Morgan fingerprint density at radius 1 is 0.969 bits per heavy atom. The fraction of sp³-hybridized carbons (Fsp3) is 0.200. The van der Waals surface area contributed by atoms with E-state index >= 15 is 0 Å². The molecule has 3 rings (SSSR count). The standard InChI is InChI=1S/C20H20F3N5O3S/c1-3-24-18-12-19(26-13(2)25-18)27-14-8-10-15(11-9-14)28-32(29,30)17-7-5-4-6-16(17)31-20(21,22)23/h4-12,28H,3H2,1-2H3,(H2,24,25,26,27). The number of aryl methyl sites for hydroxylation is 1. The van der Waals surface area contributed by atoms with Gasteiger partial charge in [-0.15, -0.1) is 13.2 Å². The van der Waals surface area contributed by atoms with E-state index in [1.807, 2.05) is 6.92 Å². The van der Waals surface area contributed by atoms with E-state index in [4.69, 9.17) is 0 Å². The van der Waals surface area contributed by atoms with Crippen LogP contribution in [0.4, 0.5) is 36.2 Å². The number of anilines is 4. The SMILES string of the molecule is CCNc1cc(Nc2ccc(NS(=O)(=O)c3ccccc3OC(F)(F)F)cc2)nc(C)n1. The van der Waals surface area contributed by atoms with Gasteiger partial charge in [-0.3, -0.25) is 4.72 Å². The summed E-state index contributed by atoms with van der Waals surface area (Å²) in [4.78, 5) is 7.92. The number of nitrogens with zero attached hydrogens (tertiary/aromatic N) is 2. The van der Waals surface area contributed by atoms with Crippen LogP contribution in [0.1, 0.15) is 12.7 Å². The van der Waals surface area contributed by atoms with Gasteiger partial charge in [-0.2, -0.15) is 0 Å². The highest BCUT2D eigenvalue weighted by Gasteiger charge is 2.34. The fourth-order valence-corrected chi connectivity index (χ4v) is 3.95. The van der Waals surface area contributed by atoms with Crippen molar-refractivity contribution in [3.05, 3.63) is 60.4 Å². The summed E-state index contributed by atoms with van der Waals surface area (Å²) in [5, 5.41) is 6.18. The van der Waals surface area contributed by atoms with E-state index in [1.54, 1.807) is 25.1 Å². The topological polar surface area (TPSA) is 105 Å². The first-order valence-corrected chi connectivity index (χ1v) is 10.9. The van der Waals surface area contributed by atoms with Crippen LogP contribution in [-0.2, 0) is 10.0 Å². The number of aromatic nitrogens is 2. The van der Waals surface area contributed by atoms with Gasteiger partial charge < -0.3 is 15.4 Å². The zero-order valence-electron chi connectivity index (χ0n) is 17.1. The van der Waals surface area contributed by atoms with Crippen molar-refractivity contribution in [2.45, 2.75) is 25.1 Å². The van der Waals surface area contributed by atoms with E-state index in [0.29, 0.717) is 29.7 Å². The lowest BCUT2D eigenvalue weighted by atomic mass is 10.3. The average molecular weight is 467 g/mol. The van der Waals surface area contributed by atoms with Gasteiger partial charge in [0.2, 0.25) is 0 Å². The van der Waals surface area contributed by atoms with Gasteiger partial charge in [-0.05, 0) is 50.2 Å². The summed E-state index contributed by atoms with van der Waals surface area (Å²) in [5.74, 6) is 0.947. The molecule has 12 heteroatoms. The predicted molar refractivity (Wildman–Crippen MR) is 115 cm³/mol. The molecule has 0 saturated carbocycles. The van der Waals surface area contributed by atoms with Crippen LogP contribution in [0.3, 0.4) is 0 Å². The molecule has 0 saturated heterocycles. The maximum Gasteiger partial charge on any atom is 0.573 e. The first-order valence-electron chi connectivity index (χ1n) is 9.40. The minimum atomic E-state index is -5.02. The average Bonchev–Trinajstić information content (AvgIpc) is 2.68. The number of hydrogen-bond donors (Lipinski definition) is 3. The van der Waals surface area contributed by atoms with Crippen molar-refractivity contribution < 1.29 is 26.3 Å². The Hall–Kier alpha value is -3.54. The molecule has 0 aliphatic heterocycles. The van der Waals surface area contributed by atoms with Gasteiger partial charge in [-0.1, -0.05) is 12.1 Å². The van der Waals surface area contributed by atoms with Crippen LogP contribution in [0.15, 0.2) is 59.5 Å². The summed E-state index contributed by atoms with van der Waals surface area (Å²) in [7, 11) is -4.33. The molecule has 0 fully saturated rings. The highest BCUT2D eigenvalue weighted by Crippen LogP contribution is 2.30. The van der Waals surface area contributed by atoms with Crippen molar-refractivity contribution in [2.24, 2.45) is 0 Å². The molecule has 2 aromatic carbocycles. The molecule has 0 unspecified atom stereocenters. The first-order chi connectivity index (χ1) is 15.1. The highest BCUT2D eigenvalue weighted by molar-refractivity contribution is 7.92. The molecule has 0 spiro atoms. The van der Waals surface area contributed by atoms with Gasteiger partial charge >= 0.3 is 6.36 Å². The van der Waals surface area contributed by atoms with Gasteiger partial charge in [0.1, 0.15) is 28.1 Å². The molecule has 0 atom stereocenters. The number of sulfonamides is 1. The van der Waals surface area contributed by atoms with Crippen LogP contribution < -0.4 is 20.1 Å². The molecule has 32 heavy (non-hydrogen) atoms. The number of nitrogens with one attached hydrogen (secondary N) is 3. The summed E-state index contributed by atoms with van der Waals surface area (Å²) in [6.45, 7) is 4.39. The van der Waals surface area contributed by atoms with Crippen molar-refractivity contribution in [1.29, 1.82) is 0 Å². The second-order valence-electron chi connectivity index (χ2n) is 6.52. The molecular weight excluding hydrogens is 447 g/mol. The first kappa shape index (κ1) is 23.1. The number of halogens is 3. The van der Waals surface area contributed by atoms with Gasteiger partial charge in [0.05, 0.1) is 0 Å². The van der Waals surface area contributed by atoms with E-state index in [0.717, 1.165) is 12.1 Å². The Labute approximate surface area is 182 Å². The van der Waals surface area contributed by atoms with Crippen LogP contribution in [0.25, 0.3) is 0 Å². The molecule has 3 N–H and O–H groups in total. The second kappa shape index (κ2) is 9.30. The number of hydrogen-bond acceptors (Lipinski definition) is 7. The molecule has 0 aliphatic rings. The summed E-state index contributed by atoms with van der Waals surface area (Å²) in [6, 6.07) is 12.4. The maximum atomic E-state index is 12.6. The summed E-state index contributed by atoms with van der Waals surface area (Å²) in [5.41, 5.74) is 0.777. The van der Waals surface area contributed by atoms with E-state index in [1.165, 1.54) is 24.3 Å². The monoisotopic (exact) mass is 467 g/mol. The van der Waals surface area contributed by atoms with Crippen LogP contribution >= 0.6 is 0 Å². The number of benzene rings is 2. The predicted octanol–water partition coefficient (Wildman–Crippen LogP) is 4.66. The Morgan fingerprint density at radius 2 is 1.59 bits per heavy atom. The minimum absolute atomic E-state index is 0.157. The number of rotatable bonds is 8. The van der Waals surface area contributed by atoms with E-state index in [-0.39, 0.29) is 5.69 Å². The van der Waals surface area contributed by atoms with Gasteiger partial charge in [0, 0.05) is 24.0 Å². The van der Waals surface area contributed by atoms with Crippen molar-refractivity contribution in [3.8, 4) is 5.75 Å². The van der Waals surface area contributed by atoms with Gasteiger partial charge in [-0.25, -0.2) is 18.4 Å². The normalized spacial score (nSPS) is 11.7. The number of ether oxygens (including phenoxy) is 1. The Kier molecular flexibility index (Phi) is 6.72. The smallest absolute Gasteiger partial charge is 0.404 e. The molecule has 8 nitrogen and oxygen atoms in total. The van der Waals surface area contributed by atoms with E-state index < -0.39 is 27.0 Å². The van der Waals surface area contributed by atoms with Crippen LogP contribution in [0, 0.1) is 6.92 Å². The molecule has 3 aromatic rings. The third-order valence-corrected chi connectivity index (χ3v) is 5.39. The molecule has 170 valence electrons. The summed E-state index contributed by atoms with van der Waals surface area (Å²) in [6.07, 6.45) is -5.02. The quantitative estimate of drug-likeness (QED) is 0.443. The minimum Gasteiger partial charge on any atom is -0.404 e. The summed E-state index contributed by atoms with van der Waals surface area (Å²) >= 11 is 0. The second-order valence-corrected chi connectivity index (χ2v) is 8.17. The van der Waals surface area contributed by atoms with Crippen molar-refractivity contribution in [3.63, 3.8) is 0 Å². The third kappa shape index (κ3) is 6.23. The Morgan fingerprint density at radius 3 is 2.25 bits per heavy atom. The number of para-hydroxylation sites is 1. The zero-order valence-corrected chi connectivity index (χ0v) is 17.9. The lowest BCUT2D eigenvalue weighted by Crippen LogP contribution is -2.20. The molecule has 0 radical (unpaired) electrons. The van der Waals surface area contributed by atoms with Gasteiger partial charge in [0.15, 0.2) is 0 Å². The molecule has 1 aromatic heterocycles. The Balaban J connectivity index is 1.76. The largest absolute Gasteiger partial charge is 0.573 e. The number of alkyl halides is 3. The molecule has 1 heterocycles. The lowest BCUT2D eigenvalue weighted by Gasteiger charge is -2.15. The van der Waals surface area contributed by atoms with Crippen LogP contribution in [0.5, 0.6) is 5.75 Å². The van der Waals surface area contributed by atoms with Crippen molar-refractivity contribution >= 4 is 33.0 Å². The van der Waals surface area contributed by atoms with Crippen LogP contribution in [0.2, 0.25) is 0 Å². The highest BCUT2D eigenvalue weighted by atomic mass is 32.2. The molecular formula is C20H20F3N5O3S. The third-order valence-electron chi connectivity index (χ3n) is 3.97. The molecule has 0 amide bonds. The van der Waals surface area contributed by atoms with E-state index in [9.17, 15) is 21.6 Å². The Bertz CT molecular complexity index is 1190.